The van der Waals surface area contributed by atoms with Crippen LogP contribution in [0.5, 0.6) is 5.75 Å². The molecule has 0 radical (unpaired) electrons. The zero-order chi connectivity index (χ0) is 20.8. The predicted molar refractivity (Wildman–Crippen MR) is 107 cm³/mol. The van der Waals surface area contributed by atoms with Gasteiger partial charge >= 0.3 is 0 Å². The highest BCUT2D eigenvalue weighted by atomic mass is 16.7. The highest BCUT2D eigenvalue weighted by Gasteiger charge is 2.60. The van der Waals surface area contributed by atoms with Crippen molar-refractivity contribution >= 4 is 23.4 Å². The van der Waals surface area contributed by atoms with Crippen LogP contribution in [0.25, 0.3) is 6.08 Å². The maximum absolute atomic E-state index is 12.3. The summed E-state index contributed by atoms with van der Waals surface area (Å²) in [5.41, 5.74) is 4.85. The molecule has 8 heteroatoms. The van der Waals surface area contributed by atoms with Gasteiger partial charge in [-0.15, -0.1) is 0 Å². The molecule has 0 unspecified atom stereocenters. The first-order chi connectivity index (χ1) is 13.7. The molecule has 29 heavy (non-hydrogen) atoms. The monoisotopic (exact) mass is 399 g/mol. The van der Waals surface area contributed by atoms with Crippen LogP contribution in [0.4, 0.5) is 5.69 Å². The first kappa shape index (κ1) is 19.6. The number of hydrazone groups is 1. The van der Waals surface area contributed by atoms with Gasteiger partial charge in [-0.25, -0.2) is 5.43 Å². The number of nitro benzene ring substituents is 1. The van der Waals surface area contributed by atoms with Gasteiger partial charge in [-0.1, -0.05) is 20.8 Å². The lowest BCUT2D eigenvalue weighted by atomic mass is 9.70. The minimum atomic E-state index is -0.476. The first-order valence-corrected chi connectivity index (χ1v) is 9.79. The molecule has 0 aromatic heterocycles. The Hall–Kier alpha value is -2.74. The number of non-ortho nitro benzene ring substituents is 1. The Morgan fingerprint density at radius 3 is 2.83 bits per heavy atom. The SMILES string of the molecule is CC1(C)[C@@H]2CC[C@]1(C)/C(=N/NC(=O)/C=C/c1cc([N+](=O)[O-])cc3c1OCOC3)C2. The second-order valence-electron chi connectivity index (χ2n) is 8.75. The molecule has 2 saturated carbocycles. The number of hydrogen-bond donors (Lipinski definition) is 1. The largest absolute Gasteiger partial charge is 0.467 e. The van der Waals surface area contributed by atoms with E-state index >= 15 is 0 Å². The number of nitro groups is 1. The Balaban J connectivity index is 1.51. The van der Waals surface area contributed by atoms with Crippen molar-refractivity contribution in [3.63, 3.8) is 0 Å². The number of nitrogens with one attached hydrogen (secondary N) is 1. The van der Waals surface area contributed by atoms with E-state index in [4.69, 9.17) is 9.47 Å². The molecule has 2 atom stereocenters. The van der Waals surface area contributed by atoms with Crippen LogP contribution < -0.4 is 10.2 Å². The molecule has 0 spiro atoms. The highest BCUT2D eigenvalue weighted by Crippen LogP contribution is 2.63. The summed E-state index contributed by atoms with van der Waals surface area (Å²) >= 11 is 0. The standard InChI is InChI=1S/C21H25N3O5/c1-20(2)15-6-7-21(20,3)17(10-15)22-23-18(25)5-4-13-8-16(24(26)27)9-14-11-28-12-29-19(13)14/h4-5,8-9,15H,6-7,10-12H2,1-3H3,(H,23,25)/b5-4+,22-17+/t15-,21-/m1/s1. The van der Waals surface area contributed by atoms with Crippen molar-refractivity contribution in [3.05, 3.63) is 39.4 Å². The second-order valence-corrected chi connectivity index (χ2v) is 8.75. The van der Waals surface area contributed by atoms with Crippen molar-refractivity contribution < 1.29 is 19.2 Å². The lowest BCUT2D eigenvalue weighted by Crippen LogP contribution is -2.34. The van der Waals surface area contributed by atoms with Gasteiger partial charge < -0.3 is 9.47 Å². The third kappa shape index (κ3) is 3.21. The van der Waals surface area contributed by atoms with Gasteiger partial charge in [0.25, 0.3) is 11.6 Å². The smallest absolute Gasteiger partial charge is 0.270 e. The third-order valence-electron chi connectivity index (χ3n) is 7.16. The fraction of sp³-hybridized carbons (Fsp3) is 0.524. The molecule has 3 aliphatic rings. The van der Waals surface area contributed by atoms with E-state index in [0.29, 0.717) is 22.8 Å². The average molecular weight is 399 g/mol. The summed E-state index contributed by atoms with van der Waals surface area (Å²) in [5.74, 6) is 0.725. The number of rotatable bonds is 4. The van der Waals surface area contributed by atoms with Crippen molar-refractivity contribution in [1.29, 1.82) is 0 Å². The molecule has 1 N–H and O–H groups in total. The van der Waals surface area contributed by atoms with E-state index in [1.54, 1.807) is 0 Å². The van der Waals surface area contributed by atoms with Gasteiger partial charge in [-0.3, -0.25) is 14.9 Å². The Morgan fingerprint density at radius 1 is 1.38 bits per heavy atom. The van der Waals surface area contributed by atoms with E-state index in [-0.39, 0.29) is 35.8 Å². The summed E-state index contributed by atoms with van der Waals surface area (Å²) in [7, 11) is 0. The molecular weight excluding hydrogens is 374 g/mol. The van der Waals surface area contributed by atoms with Gasteiger partial charge in [0.15, 0.2) is 6.79 Å². The number of nitrogens with zero attached hydrogens (tertiary/aromatic N) is 2. The summed E-state index contributed by atoms with van der Waals surface area (Å²) in [6, 6.07) is 2.81. The molecule has 1 aromatic carbocycles. The molecule has 154 valence electrons. The Labute approximate surface area is 169 Å². The molecule has 0 saturated heterocycles. The van der Waals surface area contributed by atoms with Crippen LogP contribution in [0.1, 0.15) is 51.2 Å². The molecule has 1 amide bonds. The summed E-state index contributed by atoms with van der Waals surface area (Å²) in [4.78, 5) is 23.0. The fourth-order valence-corrected chi connectivity index (χ4v) is 4.88. The minimum absolute atomic E-state index is 0.0155. The van der Waals surface area contributed by atoms with Gasteiger partial charge in [-0.2, -0.15) is 5.10 Å². The quantitative estimate of drug-likeness (QED) is 0.471. The molecule has 1 heterocycles. The maximum Gasteiger partial charge on any atom is 0.270 e. The molecule has 4 rings (SSSR count). The van der Waals surface area contributed by atoms with Crippen molar-refractivity contribution in [2.24, 2.45) is 21.8 Å². The molecule has 2 fully saturated rings. The maximum atomic E-state index is 12.3. The number of carbonyl (C=O) groups is 1. The van der Waals surface area contributed by atoms with Crippen LogP contribution in [-0.2, 0) is 16.1 Å². The van der Waals surface area contributed by atoms with Crippen LogP contribution in [0.3, 0.4) is 0 Å². The van der Waals surface area contributed by atoms with Crippen LogP contribution in [-0.4, -0.2) is 23.3 Å². The van der Waals surface area contributed by atoms with Gasteiger partial charge in [0.1, 0.15) is 5.75 Å². The number of carbonyl (C=O) groups excluding carboxylic acids is 1. The zero-order valence-electron chi connectivity index (χ0n) is 16.9. The van der Waals surface area contributed by atoms with Crippen LogP contribution in [0.15, 0.2) is 23.3 Å². The van der Waals surface area contributed by atoms with Gasteiger partial charge in [0.05, 0.1) is 11.5 Å². The average Bonchev–Trinajstić information content (AvgIpc) is 3.03. The van der Waals surface area contributed by atoms with Crippen LogP contribution >= 0.6 is 0 Å². The summed E-state index contributed by atoms with van der Waals surface area (Å²) < 4.78 is 10.7. The number of benzene rings is 1. The summed E-state index contributed by atoms with van der Waals surface area (Å²) in [6.07, 6.45) is 6.05. The van der Waals surface area contributed by atoms with Crippen LogP contribution in [0, 0.1) is 26.9 Å². The Kier molecular flexibility index (Phi) is 4.69. The number of fused-ring (bicyclic) bond motifs is 3. The van der Waals surface area contributed by atoms with E-state index in [1.807, 2.05) is 0 Å². The predicted octanol–water partition coefficient (Wildman–Crippen LogP) is 3.79. The van der Waals surface area contributed by atoms with E-state index in [1.165, 1.54) is 30.7 Å². The fourth-order valence-electron chi connectivity index (χ4n) is 4.88. The molecule has 2 bridgehead atoms. The topological polar surface area (TPSA) is 103 Å². The molecule has 2 aliphatic carbocycles. The molecular formula is C21H25N3O5. The van der Waals surface area contributed by atoms with E-state index in [9.17, 15) is 14.9 Å². The van der Waals surface area contributed by atoms with E-state index in [2.05, 4.69) is 31.3 Å². The van der Waals surface area contributed by atoms with Gasteiger partial charge in [-0.05, 0) is 36.7 Å². The number of hydrogen-bond acceptors (Lipinski definition) is 6. The van der Waals surface area contributed by atoms with Gasteiger partial charge in [0, 0.05) is 40.5 Å². The number of ether oxygens (including phenoxy) is 2. The van der Waals surface area contributed by atoms with Crippen molar-refractivity contribution in [2.75, 3.05) is 6.79 Å². The Morgan fingerprint density at radius 2 is 2.17 bits per heavy atom. The minimum Gasteiger partial charge on any atom is -0.467 e. The van der Waals surface area contributed by atoms with Crippen molar-refractivity contribution in [3.8, 4) is 5.75 Å². The van der Waals surface area contributed by atoms with Crippen molar-refractivity contribution in [1.82, 2.24) is 5.43 Å². The molecule has 1 aromatic rings. The summed E-state index contributed by atoms with van der Waals surface area (Å²) in [5, 5.41) is 15.6. The normalized spacial score (nSPS) is 28.4. The number of amides is 1. The highest BCUT2D eigenvalue weighted by molar-refractivity contribution is 5.97. The molecule has 8 nitrogen and oxygen atoms in total. The van der Waals surface area contributed by atoms with Crippen LogP contribution in [0.2, 0.25) is 0 Å². The van der Waals surface area contributed by atoms with Crippen molar-refractivity contribution in [2.45, 2.75) is 46.6 Å². The van der Waals surface area contributed by atoms with Gasteiger partial charge in [0.2, 0.25) is 0 Å². The zero-order valence-corrected chi connectivity index (χ0v) is 16.9. The molecule has 1 aliphatic heterocycles. The second kappa shape index (κ2) is 6.95. The van der Waals surface area contributed by atoms with E-state index in [0.717, 1.165) is 18.6 Å². The third-order valence-corrected chi connectivity index (χ3v) is 7.16. The summed E-state index contributed by atoms with van der Waals surface area (Å²) in [6.45, 7) is 7.10. The lowest BCUT2D eigenvalue weighted by Gasteiger charge is -2.34. The van der Waals surface area contributed by atoms with E-state index < -0.39 is 4.92 Å². The Bertz CT molecular complexity index is 936. The lowest BCUT2D eigenvalue weighted by molar-refractivity contribution is -0.385. The first-order valence-electron chi connectivity index (χ1n) is 9.79.